The van der Waals surface area contributed by atoms with Gasteiger partial charge in [-0.2, -0.15) is 18.6 Å². The summed E-state index contributed by atoms with van der Waals surface area (Å²) in [5, 5.41) is 12.7. The van der Waals surface area contributed by atoms with Crippen LogP contribution in [-0.2, 0) is 10.1 Å². The summed E-state index contributed by atoms with van der Waals surface area (Å²) in [6.07, 6.45) is 0. The molecule has 0 spiro atoms. The molecule has 0 radical (unpaired) electrons. The summed E-state index contributed by atoms with van der Waals surface area (Å²) < 4.78 is 30.9. The first-order chi connectivity index (χ1) is 10.2. The maximum absolute atomic E-state index is 11.0. The zero-order valence-corrected chi connectivity index (χ0v) is 13.8. The van der Waals surface area contributed by atoms with E-state index in [1.165, 1.54) is 0 Å². The molecule has 0 aliphatic carbocycles. The molecule has 0 aromatic heterocycles. The summed E-state index contributed by atoms with van der Waals surface area (Å²) >= 11 is 0. The second-order valence-electron chi connectivity index (χ2n) is 5.30. The number of azo groups is 1. The molecule has 2 N–H and O–H groups in total. The van der Waals surface area contributed by atoms with Gasteiger partial charge in [0.05, 0.1) is 5.69 Å². The van der Waals surface area contributed by atoms with E-state index in [1.807, 2.05) is 32.9 Å². The Morgan fingerprint density at radius 3 is 2.41 bits per heavy atom. The highest BCUT2D eigenvalue weighted by Crippen LogP contribution is 2.39. The third kappa shape index (κ3) is 3.42. The summed E-state index contributed by atoms with van der Waals surface area (Å²) in [5.74, 6) is -0.573. The van der Waals surface area contributed by atoms with Gasteiger partial charge in [-0.15, -0.1) is 0 Å². The number of benzene rings is 2. The van der Waals surface area contributed by atoms with Crippen molar-refractivity contribution >= 4 is 32.3 Å². The lowest BCUT2D eigenvalue weighted by Crippen LogP contribution is -2.13. The van der Waals surface area contributed by atoms with E-state index >= 15 is 0 Å². The molecule has 0 aliphatic rings. The Morgan fingerprint density at radius 2 is 1.82 bits per heavy atom. The molecule has 2 aromatic rings. The average Bonchev–Trinajstić information content (AvgIpc) is 2.35. The monoisotopic (exact) mass is 321 g/mol. The zero-order valence-electron chi connectivity index (χ0n) is 13.0. The standard InChI is InChI=1S/C15H19N3O3S/c1-9-5-10(2)13-12(6-9)7-11(3)14(15(13)18-16-4)17-8-22(19,20)21/h5-7,17H,8H2,1-4H3,(H,19,20,21). The summed E-state index contributed by atoms with van der Waals surface area (Å²) in [5.41, 5.74) is 4.15. The van der Waals surface area contributed by atoms with E-state index in [-0.39, 0.29) is 0 Å². The van der Waals surface area contributed by atoms with E-state index in [9.17, 15) is 8.42 Å². The predicted molar refractivity (Wildman–Crippen MR) is 88.6 cm³/mol. The molecule has 0 atom stereocenters. The van der Waals surface area contributed by atoms with Crippen molar-refractivity contribution < 1.29 is 13.0 Å². The molecule has 0 bridgehead atoms. The molecule has 6 nitrogen and oxygen atoms in total. The van der Waals surface area contributed by atoms with Crippen molar-refractivity contribution in [3.63, 3.8) is 0 Å². The van der Waals surface area contributed by atoms with Crippen LogP contribution >= 0.6 is 0 Å². The Kier molecular flexibility index (Phi) is 4.48. The fourth-order valence-corrected chi connectivity index (χ4v) is 2.97. The molecule has 0 aliphatic heterocycles. The Hall–Kier alpha value is -1.99. The lowest BCUT2D eigenvalue weighted by Gasteiger charge is -2.15. The maximum Gasteiger partial charge on any atom is 0.283 e. The zero-order chi connectivity index (χ0) is 16.5. The topological polar surface area (TPSA) is 91.1 Å². The second kappa shape index (κ2) is 6.02. The van der Waals surface area contributed by atoms with Crippen molar-refractivity contribution in [3.05, 3.63) is 34.9 Å². The third-order valence-electron chi connectivity index (χ3n) is 3.38. The van der Waals surface area contributed by atoms with E-state index in [4.69, 9.17) is 4.55 Å². The van der Waals surface area contributed by atoms with Crippen LogP contribution in [0.1, 0.15) is 16.7 Å². The molecule has 0 amide bonds. The minimum atomic E-state index is -4.12. The van der Waals surface area contributed by atoms with E-state index in [2.05, 4.69) is 21.6 Å². The Balaban J connectivity index is 2.75. The maximum atomic E-state index is 11.0. The quantitative estimate of drug-likeness (QED) is 0.663. The lowest BCUT2D eigenvalue weighted by atomic mass is 9.97. The summed E-state index contributed by atoms with van der Waals surface area (Å²) in [4.78, 5) is 0. The van der Waals surface area contributed by atoms with Crippen LogP contribution in [0.3, 0.4) is 0 Å². The van der Waals surface area contributed by atoms with Gasteiger partial charge in [-0.25, -0.2) is 0 Å². The van der Waals surface area contributed by atoms with Crippen LogP contribution < -0.4 is 5.32 Å². The summed E-state index contributed by atoms with van der Waals surface area (Å²) in [6, 6.07) is 6.06. The largest absolute Gasteiger partial charge is 0.368 e. The molecule has 2 aromatic carbocycles. The highest BCUT2D eigenvalue weighted by Gasteiger charge is 2.15. The molecule has 118 valence electrons. The first-order valence-electron chi connectivity index (χ1n) is 6.76. The molecule has 22 heavy (non-hydrogen) atoms. The number of hydrogen-bond acceptors (Lipinski definition) is 5. The molecule has 2 rings (SSSR count). The van der Waals surface area contributed by atoms with Gasteiger partial charge in [0.2, 0.25) is 0 Å². The fraction of sp³-hybridized carbons (Fsp3) is 0.333. The highest BCUT2D eigenvalue weighted by atomic mass is 32.2. The van der Waals surface area contributed by atoms with Crippen LogP contribution in [0.4, 0.5) is 11.4 Å². The van der Waals surface area contributed by atoms with Crippen LogP contribution in [0.25, 0.3) is 10.8 Å². The molecule has 0 saturated heterocycles. The van der Waals surface area contributed by atoms with Crippen LogP contribution in [0.2, 0.25) is 0 Å². The molecule has 0 unspecified atom stereocenters. The summed E-state index contributed by atoms with van der Waals surface area (Å²) in [7, 11) is -2.56. The third-order valence-corrected chi connectivity index (χ3v) is 3.89. The first-order valence-corrected chi connectivity index (χ1v) is 8.37. The van der Waals surface area contributed by atoms with Crippen molar-refractivity contribution in [1.29, 1.82) is 0 Å². The van der Waals surface area contributed by atoms with E-state index < -0.39 is 16.0 Å². The number of hydrogen-bond donors (Lipinski definition) is 2. The van der Waals surface area contributed by atoms with Gasteiger partial charge in [0.25, 0.3) is 10.1 Å². The Bertz CT molecular complexity index is 858. The first kappa shape index (κ1) is 16.4. The van der Waals surface area contributed by atoms with Gasteiger partial charge in [-0.1, -0.05) is 17.7 Å². The van der Waals surface area contributed by atoms with Crippen LogP contribution in [0.15, 0.2) is 28.4 Å². The van der Waals surface area contributed by atoms with Crippen LogP contribution in [-0.4, -0.2) is 25.9 Å². The lowest BCUT2D eigenvalue weighted by molar-refractivity contribution is 0.485. The van der Waals surface area contributed by atoms with Gasteiger partial charge in [-0.05, 0) is 43.4 Å². The number of fused-ring (bicyclic) bond motifs is 1. The van der Waals surface area contributed by atoms with Crippen LogP contribution in [0, 0.1) is 20.8 Å². The number of nitrogens with zero attached hydrogens (tertiary/aromatic N) is 2. The summed E-state index contributed by atoms with van der Waals surface area (Å²) in [6.45, 7) is 5.86. The van der Waals surface area contributed by atoms with Gasteiger partial charge in [0, 0.05) is 12.4 Å². The van der Waals surface area contributed by atoms with Gasteiger partial charge >= 0.3 is 0 Å². The smallest absolute Gasteiger partial charge is 0.283 e. The van der Waals surface area contributed by atoms with E-state index in [0.717, 1.165) is 27.5 Å². The Labute approximate surface area is 130 Å². The minimum absolute atomic E-state index is 0.558. The van der Waals surface area contributed by atoms with Crippen molar-refractivity contribution in [1.82, 2.24) is 0 Å². The number of anilines is 1. The van der Waals surface area contributed by atoms with E-state index in [1.54, 1.807) is 7.05 Å². The SMILES string of the molecule is CN=Nc1c(NCS(=O)(=O)O)c(C)cc2cc(C)cc(C)c12. The number of aryl methyl sites for hydroxylation is 3. The van der Waals surface area contributed by atoms with Crippen LogP contribution in [0.5, 0.6) is 0 Å². The number of rotatable bonds is 4. The molecule has 7 heteroatoms. The van der Waals surface area contributed by atoms with Crippen molar-refractivity contribution in [3.8, 4) is 0 Å². The number of nitrogens with one attached hydrogen (secondary N) is 1. The fourth-order valence-electron chi connectivity index (χ4n) is 2.64. The molecule has 0 saturated carbocycles. The predicted octanol–water partition coefficient (Wildman–Crippen LogP) is 3.74. The average molecular weight is 321 g/mol. The second-order valence-corrected chi connectivity index (χ2v) is 6.75. The molecular weight excluding hydrogens is 302 g/mol. The van der Waals surface area contributed by atoms with Crippen molar-refractivity contribution in [2.45, 2.75) is 20.8 Å². The molecule has 0 heterocycles. The Morgan fingerprint density at radius 1 is 1.14 bits per heavy atom. The normalized spacial score (nSPS) is 12.2. The van der Waals surface area contributed by atoms with Crippen molar-refractivity contribution in [2.75, 3.05) is 18.2 Å². The van der Waals surface area contributed by atoms with Crippen molar-refractivity contribution in [2.24, 2.45) is 10.2 Å². The minimum Gasteiger partial charge on any atom is -0.368 e. The van der Waals surface area contributed by atoms with Gasteiger partial charge in [0.1, 0.15) is 11.6 Å². The van der Waals surface area contributed by atoms with Gasteiger partial charge in [0.15, 0.2) is 0 Å². The molecular formula is C15H19N3O3S. The molecule has 0 fully saturated rings. The van der Waals surface area contributed by atoms with E-state index in [0.29, 0.717) is 11.4 Å². The highest BCUT2D eigenvalue weighted by molar-refractivity contribution is 7.85. The van der Waals surface area contributed by atoms with Gasteiger partial charge in [-0.3, -0.25) is 4.55 Å². The van der Waals surface area contributed by atoms with Gasteiger partial charge < -0.3 is 5.32 Å².